The Hall–Kier alpha value is -1.51. The summed E-state index contributed by atoms with van der Waals surface area (Å²) >= 11 is 0. The zero-order valence-electron chi connectivity index (χ0n) is 10.6. The highest BCUT2D eigenvalue weighted by Gasteiger charge is 2.40. The van der Waals surface area contributed by atoms with Gasteiger partial charge < -0.3 is 9.47 Å². The van der Waals surface area contributed by atoms with Gasteiger partial charge in [-0.2, -0.15) is 0 Å². The number of carbonyl (C=O) groups is 1. The SMILES string of the molecule is CCOC(=O)C1(C)CCc2cccc(C)c2O1. The minimum absolute atomic E-state index is 0.270. The lowest BCUT2D eigenvalue weighted by Gasteiger charge is -2.34. The van der Waals surface area contributed by atoms with Crippen molar-refractivity contribution in [1.82, 2.24) is 0 Å². The van der Waals surface area contributed by atoms with E-state index in [-0.39, 0.29) is 5.97 Å². The number of rotatable bonds is 2. The normalized spacial score (nSPS) is 22.5. The van der Waals surface area contributed by atoms with Crippen LogP contribution in [0.4, 0.5) is 0 Å². The van der Waals surface area contributed by atoms with Crippen LogP contribution in [0.1, 0.15) is 31.4 Å². The number of esters is 1. The summed E-state index contributed by atoms with van der Waals surface area (Å²) in [5, 5.41) is 0. The van der Waals surface area contributed by atoms with E-state index in [0.29, 0.717) is 13.0 Å². The molecule has 1 unspecified atom stereocenters. The second kappa shape index (κ2) is 4.40. The van der Waals surface area contributed by atoms with Crippen LogP contribution in [-0.2, 0) is 16.0 Å². The smallest absolute Gasteiger partial charge is 0.350 e. The third-order valence-corrected chi connectivity index (χ3v) is 3.20. The van der Waals surface area contributed by atoms with Crippen LogP contribution < -0.4 is 4.74 Å². The van der Waals surface area contributed by atoms with Gasteiger partial charge in [-0.15, -0.1) is 0 Å². The fraction of sp³-hybridized carbons (Fsp3) is 0.500. The lowest BCUT2D eigenvalue weighted by molar-refractivity contribution is -0.161. The van der Waals surface area contributed by atoms with Crippen LogP contribution in [-0.4, -0.2) is 18.2 Å². The zero-order valence-corrected chi connectivity index (χ0v) is 10.6. The third kappa shape index (κ3) is 2.14. The first-order chi connectivity index (χ1) is 8.07. The van der Waals surface area contributed by atoms with Crippen molar-refractivity contribution in [3.05, 3.63) is 29.3 Å². The Kier molecular flexibility index (Phi) is 3.09. The fourth-order valence-corrected chi connectivity index (χ4v) is 2.13. The molecule has 0 fully saturated rings. The van der Waals surface area contributed by atoms with Gasteiger partial charge in [0.15, 0.2) is 0 Å². The molecular weight excluding hydrogens is 216 g/mol. The molecule has 0 saturated heterocycles. The van der Waals surface area contributed by atoms with Gasteiger partial charge in [-0.05, 0) is 38.3 Å². The standard InChI is InChI=1S/C14H18O3/c1-4-16-13(15)14(3)9-8-11-7-5-6-10(2)12(11)17-14/h5-7H,4,8-9H2,1-3H3. The highest BCUT2D eigenvalue weighted by molar-refractivity contribution is 5.80. The molecule has 92 valence electrons. The molecule has 1 aliphatic heterocycles. The molecule has 2 rings (SSSR count). The van der Waals surface area contributed by atoms with Crippen molar-refractivity contribution >= 4 is 5.97 Å². The largest absolute Gasteiger partial charge is 0.475 e. The topological polar surface area (TPSA) is 35.5 Å². The second-order valence-corrected chi connectivity index (χ2v) is 4.62. The Morgan fingerprint density at radius 2 is 2.29 bits per heavy atom. The molecule has 0 saturated carbocycles. The quantitative estimate of drug-likeness (QED) is 0.738. The second-order valence-electron chi connectivity index (χ2n) is 4.62. The number of hydrogen-bond donors (Lipinski definition) is 0. The zero-order chi connectivity index (χ0) is 12.5. The summed E-state index contributed by atoms with van der Waals surface area (Å²) in [7, 11) is 0. The number of para-hydroxylation sites is 1. The molecule has 1 aliphatic rings. The maximum atomic E-state index is 11.9. The van der Waals surface area contributed by atoms with E-state index < -0.39 is 5.60 Å². The van der Waals surface area contributed by atoms with Crippen molar-refractivity contribution in [2.24, 2.45) is 0 Å². The van der Waals surface area contributed by atoms with Gasteiger partial charge in [0, 0.05) is 6.42 Å². The molecule has 1 aromatic carbocycles. The van der Waals surface area contributed by atoms with E-state index in [1.54, 1.807) is 6.92 Å². The highest BCUT2D eigenvalue weighted by Crippen LogP contribution is 2.36. The first kappa shape index (κ1) is 12.0. The minimum atomic E-state index is -0.838. The first-order valence-corrected chi connectivity index (χ1v) is 6.01. The van der Waals surface area contributed by atoms with Crippen LogP contribution in [0.25, 0.3) is 0 Å². The summed E-state index contributed by atoms with van der Waals surface area (Å²) in [6.45, 7) is 6.00. The van der Waals surface area contributed by atoms with Gasteiger partial charge in [0.25, 0.3) is 0 Å². The number of aryl methyl sites for hydroxylation is 2. The predicted molar refractivity (Wildman–Crippen MR) is 65.2 cm³/mol. The van der Waals surface area contributed by atoms with Crippen LogP contribution in [0.15, 0.2) is 18.2 Å². The average Bonchev–Trinajstić information content (AvgIpc) is 2.31. The van der Waals surface area contributed by atoms with Crippen LogP contribution in [0, 0.1) is 6.92 Å². The van der Waals surface area contributed by atoms with Gasteiger partial charge in [0.1, 0.15) is 5.75 Å². The van der Waals surface area contributed by atoms with Gasteiger partial charge in [-0.3, -0.25) is 0 Å². The van der Waals surface area contributed by atoms with E-state index >= 15 is 0 Å². The molecule has 1 atom stereocenters. The van der Waals surface area contributed by atoms with Gasteiger partial charge >= 0.3 is 5.97 Å². The molecule has 0 radical (unpaired) electrons. The summed E-state index contributed by atoms with van der Waals surface area (Å²) in [5.41, 5.74) is 1.40. The molecule has 3 nitrogen and oxygen atoms in total. The Morgan fingerprint density at radius 1 is 1.53 bits per heavy atom. The molecule has 17 heavy (non-hydrogen) atoms. The van der Waals surface area contributed by atoms with Crippen LogP contribution in [0.3, 0.4) is 0 Å². The van der Waals surface area contributed by atoms with E-state index in [9.17, 15) is 4.79 Å². The Bertz CT molecular complexity index is 439. The number of fused-ring (bicyclic) bond motifs is 1. The van der Waals surface area contributed by atoms with Gasteiger partial charge in [0.2, 0.25) is 5.60 Å². The molecule has 0 amide bonds. The monoisotopic (exact) mass is 234 g/mol. The number of hydrogen-bond acceptors (Lipinski definition) is 3. The van der Waals surface area contributed by atoms with E-state index in [1.807, 2.05) is 32.0 Å². The number of ether oxygens (including phenoxy) is 2. The summed E-state index contributed by atoms with van der Waals surface area (Å²) in [6.07, 6.45) is 1.52. The Balaban J connectivity index is 2.28. The van der Waals surface area contributed by atoms with Crippen molar-refractivity contribution in [3.8, 4) is 5.75 Å². The van der Waals surface area contributed by atoms with Crippen molar-refractivity contribution in [3.63, 3.8) is 0 Å². The van der Waals surface area contributed by atoms with Crippen LogP contribution in [0.2, 0.25) is 0 Å². The maximum Gasteiger partial charge on any atom is 0.350 e. The highest BCUT2D eigenvalue weighted by atomic mass is 16.6. The van der Waals surface area contributed by atoms with Crippen molar-refractivity contribution in [2.45, 2.75) is 39.2 Å². The van der Waals surface area contributed by atoms with E-state index in [1.165, 1.54) is 5.56 Å². The van der Waals surface area contributed by atoms with E-state index in [0.717, 1.165) is 17.7 Å². The molecular formula is C14H18O3. The molecule has 1 aromatic rings. The minimum Gasteiger partial charge on any atom is -0.475 e. The van der Waals surface area contributed by atoms with Crippen LogP contribution >= 0.6 is 0 Å². The molecule has 0 spiro atoms. The molecule has 0 aromatic heterocycles. The van der Waals surface area contributed by atoms with Gasteiger partial charge in [-0.25, -0.2) is 4.79 Å². The summed E-state index contributed by atoms with van der Waals surface area (Å²) < 4.78 is 11.0. The fourth-order valence-electron chi connectivity index (χ4n) is 2.13. The van der Waals surface area contributed by atoms with Crippen molar-refractivity contribution in [2.75, 3.05) is 6.61 Å². The molecule has 0 bridgehead atoms. The van der Waals surface area contributed by atoms with E-state index in [4.69, 9.17) is 9.47 Å². The lowest BCUT2D eigenvalue weighted by atomic mass is 9.91. The summed E-state index contributed by atoms with van der Waals surface area (Å²) in [4.78, 5) is 11.9. The van der Waals surface area contributed by atoms with Gasteiger partial charge in [-0.1, -0.05) is 18.2 Å². The maximum absolute atomic E-state index is 11.9. The molecule has 0 N–H and O–H groups in total. The summed E-state index contributed by atoms with van der Waals surface area (Å²) in [5.74, 6) is 0.572. The molecule has 0 aliphatic carbocycles. The predicted octanol–water partition coefficient (Wildman–Crippen LogP) is 2.64. The molecule has 3 heteroatoms. The Labute approximate surface area is 102 Å². The summed E-state index contributed by atoms with van der Waals surface area (Å²) in [6, 6.07) is 6.06. The number of carbonyl (C=O) groups excluding carboxylic acids is 1. The molecule has 1 heterocycles. The average molecular weight is 234 g/mol. The van der Waals surface area contributed by atoms with E-state index in [2.05, 4.69) is 0 Å². The van der Waals surface area contributed by atoms with Gasteiger partial charge in [0.05, 0.1) is 6.61 Å². The third-order valence-electron chi connectivity index (χ3n) is 3.20. The van der Waals surface area contributed by atoms with Crippen LogP contribution in [0.5, 0.6) is 5.75 Å². The van der Waals surface area contributed by atoms with Crippen molar-refractivity contribution < 1.29 is 14.3 Å². The Morgan fingerprint density at radius 3 is 3.00 bits per heavy atom. The first-order valence-electron chi connectivity index (χ1n) is 6.01. The van der Waals surface area contributed by atoms with Crippen molar-refractivity contribution in [1.29, 1.82) is 0 Å². The number of benzene rings is 1. The lowest BCUT2D eigenvalue weighted by Crippen LogP contribution is -2.45.